The van der Waals surface area contributed by atoms with Gasteiger partial charge in [0.25, 0.3) is 5.91 Å². The van der Waals surface area contributed by atoms with Crippen LogP contribution < -0.4 is 10.5 Å². The highest BCUT2D eigenvalue weighted by Gasteiger charge is 2.38. The number of aryl methyl sites for hydroxylation is 2. The summed E-state index contributed by atoms with van der Waals surface area (Å²) in [4.78, 5) is 38.3. The maximum absolute atomic E-state index is 12.8. The first-order valence-electron chi connectivity index (χ1n) is 11.1. The lowest BCUT2D eigenvalue weighted by Crippen LogP contribution is -2.34. The van der Waals surface area contributed by atoms with Crippen LogP contribution in [0.5, 0.6) is 5.75 Å². The fourth-order valence-corrected chi connectivity index (χ4v) is 4.45. The first-order valence-corrected chi connectivity index (χ1v) is 11.1. The van der Waals surface area contributed by atoms with Gasteiger partial charge in [0.2, 0.25) is 5.91 Å². The van der Waals surface area contributed by atoms with Gasteiger partial charge in [-0.2, -0.15) is 0 Å². The zero-order valence-corrected chi connectivity index (χ0v) is 18.0. The summed E-state index contributed by atoms with van der Waals surface area (Å²) in [5, 5.41) is 0. The summed E-state index contributed by atoms with van der Waals surface area (Å²) in [6.45, 7) is 0.395. The quantitative estimate of drug-likeness (QED) is 0.673. The minimum atomic E-state index is -0.595. The number of ether oxygens (including phenoxy) is 2. The molecule has 1 fully saturated rings. The molecule has 1 aliphatic heterocycles. The molecule has 2 atom stereocenters. The molecule has 1 saturated heterocycles. The highest BCUT2D eigenvalue weighted by atomic mass is 16.5. The van der Waals surface area contributed by atoms with E-state index < -0.39 is 18.0 Å². The number of fused-ring (bicyclic) bond motifs is 1. The van der Waals surface area contributed by atoms with Gasteiger partial charge in [-0.3, -0.25) is 9.59 Å². The lowest BCUT2D eigenvalue weighted by atomic mass is 9.92. The van der Waals surface area contributed by atoms with Gasteiger partial charge in [-0.25, -0.2) is 4.79 Å². The Hall–Kier alpha value is -3.35. The summed E-state index contributed by atoms with van der Waals surface area (Å²) in [5.41, 5.74) is 8.45. The standard InChI is InChI=1S/C25H28N2O5/c26-23(28)13-20-14-27(15-22(20)32-25(30)18-7-2-1-3-8-18)24(29)16-31-21-11-10-17-6-4-5-9-19(17)12-21/h1-3,7-8,10-12,20,22H,4-6,9,13-16H2,(H2,26,28)/t20-,22+/m0/s1. The third kappa shape index (κ3) is 5.28. The minimum absolute atomic E-state index is 0.0438. The second-order valence-corrected chi connectivity index (χ2v) is 8.47. The molecule has 7 nitrogen and oxygen atoms in total. The Labute approximate surface area is 187 Å². The number of primary amides is 1. The molecule has 0 aromatic heterocycles. The molecule has 7 heteroatoms. The van der Waals surface area contributed by atoms with Crippen LogP contribution >= 0.6 is 0 Å². The fourth-order valence-electron chi connectivity index (χ4n) is 4.45. The van der Waals surface area contributed by atoms with Gasteiger partial charge in [0.15, 0.2) is 6.61 Å². The molecule has 4 rings (SSSR count). The number of esters is 1. The molecule has 1 aliphatic carbocycles. The maximum Gasteiger partial charge on any atom is 0.338 e. The Bertz CT molecular complexity index is 991. The van der Waals surface area contributed by atoms with Crippen LogP contribution in [0.4, 0.5) is 0 Å². The van der Waals surface area contributed by atoms with Crippen LogP contribution in [0.2, 0.25) is 0 Å². The van der Waals surface area contributed by atoms with Crippen LogP contribution in [0.15, 0.2) is 48.5 Å². The molecule has 2 N–H and O–H groups in total. The van der Waals surface area contributed by atoms with E-state index in [1.807, 2.05) is 18.2 Å². The predicted octanol–water partition coefficient (Wildman–Crippen LogP) is 2.50. The topological polar surface area (TPSA) is 98.9 Å². The number of amides is 2. The monoisotopic (exact) mass is 436 g/mol. The minimum Gasteiger partial charge on any atom is -0.484 e. The summed E-state index contributed by atoms with van der Waals surface area (Å²) >= 11 is 0. The number of carbonyl (C=O) groups excluding carboxylic acids is 3. The van der Waals surface area contributed by atoms with E-state index in [9.17, 15) is 14.4 Å². The third-order valence-electron chi connectivity index (χ3n) is 6.15. The van der Waals surface area contributed by atoms with Crippen molar-refractivity contribution >= 4 is 17.8 Å². The van der Waals surface area contributed by atoms with Crippen molar-refractivity contribution in [3.63, 3.8) is 0 Å². The molecule has 0 saturated carbocycles. The summed E-state index contributed by atoms with van der Waals surface area (Å²) < 4.78 is 11.4. The summed E-state index contributed by atoms with van der Waals surface area (Å²) in [6, 6.07) is 14.6. The second-order valence-electron chi connectivity index (χ2n) is 8.47. The third-order valence-corrected chi connectivity index (χ3v) is 6.15. The van der Waals surface area contributed by atoms with Crippen molar-refractivity contribution in [2.45, 2.75) is 38.2 Å². The number of hydrogen-bond acceptors (Lipinski definition) is 5. The smallest absolute Gasteiger partial charge is 0.338 e. The van der Waals surface area contributed by atoms with E-state index in [0.29, 0.717) is 17.9 Å². The Morgan fingerprint density at radius 3 is 2.47 bits per heavy atom. The molecule has 32 heavy (non-hydrogen) atoms. The summed E-state index contributed by atoms with van der Waals surface area (Å²) in [6.07, 6.45) is 3.96. The average Bonchev–Trinajstić information content (AvgIpc) is 3.19. The number of carbonyl (C=O) groups is 3. The fraction of sp³-hybridized carbons (Fsp3) is 0.400. The molecule has 168 valence electrons. The summed E-state index contributed by atoms with van der Waals surface area (Å²) in [7, 11) is 0. The van der Waals surface area contributed by atoms with Crippen LogP contribution in [0.25, 0.3) is 0 Å². The van der Waals surface area contributed by atoms with E-state index in [0.717, 1.165) is 12.8 Å². The number of nitrogens with zero attached hydrogens (tertiary/aromatic N) is 1. The van der Waals surface area contributed by atoms with Crippen LogP contribution in [-0.4, -0.2) is 48.5 Å². The largest absolute Gasteiger partial charge is 0.484 e. The van der Waals surface area contributed by atoms with Gasteiger partial charge in [-0.15, -0.1) is 0 Å². The van der Waals surface area contributed by atoms with Crippen molar-refractivity contribution in [1.82, 2.24) is 4.90 Å². The van der Waals surface area contributed by atoms with Crippen molar-refractivity contribution in [2.75, 3.05) is 19.7 Å². The number of rotatable bonds is 7. The summed E-state index contributed by atoms with van der Waals surface area (Å²) in [5.74, 6) is -0.845. The van der Waals surface area contributed by atoms with E-state index in [2.05, 4.69) is 6.07 Å². The molecule has 2 aliphatic rings. The van der Waals surface area contributed by atoms with Gasteiger partial charge in [0, 0.05) is 18.9 Å². The number of hydrogen-bond donors (Lipinski definition) is 1. The van der Waals surface area contributed by atoms with Gasteiger partial charge >= 0.3 is 5.97 Å². The van der Waals surface area contributed by atoms with Gasteiger partial charge in [-0.05, 0) is 61.1 Å². The number of benzene rings is 2. The van der Waals surface area contributed by atoms with E-state index >= 15 is 0 Å². The molecule has 0 unspecified atom stereocenters. The highest BCUT2D eigenvalue weighted by molar-refractivity contribution is 5.89. The molecule has 2 aromatic rings. The highest BCUT2D eigenvalue weighted by Crippen LogP contribution is 2.27. The van der Waals surface area contributed by atoms with Gasteiger partial charge in [0.1, 0.15) is 11.9 Å². The van der Waals surface area contributed by atoms with Crippen LogP contribution in [-0.2, 0) is 27.2 Å². The van der Waals surface area contributed by atoms with Crippen LogP contribution in [0.1, 0.15) is 40.7 Å². The lowest BCUT2D eigenvalue weighted by Gasteiger charge is -2.19. The number of nitrogens with two attached hydrogens (primary N) is 1. The van der Waals surface area contributed by atoms with Crippen molar-refractivity contribution in [3.05, 3.63) is 65.2 Å². The van der Waals surface area contributed by atoms with Gasteiger partial charge < -0.3 is 20.1 Å². The van der Waals surface area contributed by atoms with Crippen molar-refractivity contribution in [2.24, 2.45) is 11.7 Å². The Morgan fingerprint density at radius 2 is 1.72 bits per heavy atom. The second kappa shape index (κ2) is 9.85. The van der Waals surface area contributed by atoms with E-state index in [1.165, 1.54) is 24.0 Å². The van der Waals surface area contributed by atoms with E-state index in [4.69, 9.17) is 15.2 Å². The Morgan fingerprint density at radius 1 is 0.969 bits per heavy atom. The Kier molecular flexibility index (Phi) is 6.73. The van der Waals surface area contributed by atoms with Crippen molar-refractivity contribution in [3.8, 4) is 5.75 Å². The lowest BCUT2D eigenvalue weighted by molar-refractivity contribution is -0.132. The Balaban J connectivity index is 1.36. The first kappa shape index (κ1) is 21.9. The average molecular weight is 437 g/mol. The first-order chi connectivity index (χ1) is 15.5. The maximum atomic E-state index is 12.8. The van der Waals surface area contributed by atoms with Gasteiger partial charge in [-0.1, -0.05) is 24.3 Å². The molecule has 2 amide bonds. The molecular weight excluding hydrogens is 408 g/mol. The normalized spacial score (nSPS) is 19.8. The molecule has 0 radical (unpaired) electrons. The van der Waals surface area contributed by atoms with Crippen molar-refractivity contribution < 1.29 is 23.9 Å². The predicted molar refractivity (Wildman–Crippen MR) is 118 cm³/mol. The molecule has 0 spiro atoms. The van der Waals surface area contributed by atoms with Crippen LogP contribution in [0, 0.1) is 5.92 Å². The SMILES string of the molecule is NC(=O)C[C@H]1CN(C(=O)COc2ccc3c(c2)CCCC3)C[C@H]1OC(=O)c1ccccc1. The molecular formula is C25H28N2O5. The molecule has 1 heterocycles. The van der Waals surface area contributed by atoms with E-state index in [-0.39, 0.29) is 31.4 Å². The zero-order valence-electron chi connectivity index (χ0n) is 18.0. The van der Waals surface area contributed by atoms with Crippen LogP contribution in [0.3, 0.4) is 0 Å². The number of likely N-dealkylation sites (tertiary alicyclic amines) is 1. The van der Waals surface area contributed by atoms with E-state index in [1.54, 1.807) is 29.2 Å². The molecule has 0 bridgehead atoms. The molecule has 2 aromatic carbocycles. The zero-order chi connectivity index (χ0) is 22.5. The van der Waals surface area contributed by atoms with Gasteiger partial charge in [0.05, 0.1) is 12.1 Å². The van der Waals surface area contributed by atoms with Crippen molar-refractivity contribution in [1.29, 1.82) is 0 Å².